The maximum Gasteiger partial charge on any atom is 0.350 e. The van der Waals surface area contributed by atoms with Gasteiger partial charge in [-0.1, -0.05) is 6.07 Å². The summed E-state index contributed by atoms with van der Waals surface area (Å²) >= 11 is 1.30. The second-order valence-electron chi connectivity index (χ2n) is 6.31. The van der Waals surface area contributed by atoms with Crippen LogP contribution in [0.3, 0.4) is 0 Å². The van der Waals surface area contributed by atoms with Gasteiger partial charge in [0.15, 0.2) is 5.65 Å². The first kappa shape index (κ1) is 17.5. The van der Waals surface area contributed by atoms with Crippen LogP contribution in [0.1, 0.15) is 41.6 Å². The number of fused-ring (bicyclic) bond motifs is 1. The van der Waals surface area contributed by atoms with Crippen LogP contribution in [-0.2, 0) is 16.1 Å². The summed E-state index contributed by atoms with van der Waals surface area (Å²) in [7, 11) is 0. The predicted octanol–water partition coefficient (Wildman–Crippen LogP) is 2.25. The minimum atomic E-state index is -0.430. The van der Waals surface area contributed by atoms with Crippen molar-refractivity contribution in [1.82, 2.24) is 14.2 Å². The molecule has 0 atom stereocenters. The Morgan fingerprint density at radius 1 is 1.37 bits per heavy atom. The largest absolute Gasteiger partial charge is 0.462 e. The number of anilines is 1. The summed E-state index contributed by atoms with van der Waals surface area (Å²) in [6.07, 6.45) is 3.67. The highest BCUT2D eigenvalue weighted by Crippen LogP contribution is 2.46. The van der Waals surface area contributed by atoms with E-state index < -0.39 is 17.6 Å². The second-order valence-corrected chi connectivity index (χ2v) is 7.19. The fourth-order valence-corrected chi connectivity index (χ4v) is 3.99. The lowest BCUT2D eigenvalue weighted by atomic mass is 10.1. The molecule has 1 fully saturated rings. The van der Waals surface area contributed by atoms with Crippen LogP contribution < -0.4 is 11.0 Å². The number of aromatic nitrogens is 3. The number of thiophene rings is 1. The Bertz CT molecular complexity index is 1080. The van der Waals surface area contributed by atoms with E-state index in [0.717, 1.165) is 23.1 Å². The van der Waals surface area contributed by atoms with Crippen molar-refractivity contribution in [2.24, 2.45) is 0 Å². The van der Waals surface area contributed by atoms with E-state index in [0.29, 0.717) is 22.1 Å². The molecule has 1 aliphatic carbocycles. The number of nitrogens with one attached hydrogen (secondary N) is 1. The number of rotatable bonds is 6. The van der Waals surface area contributed by atoms with E-state index in [1.54, 1.807) is 31.3 Å². The number of esters is 1. The number of hydrogen-bond donors (Lipinski definition) is 1. The first-order chi connectivity index (χ1) is 13.1. The van der Waals surface area contributed by atoms with Crippen molar-refractivity contribution in [1.29, 1.82) is 0 Å². The third kappa shape index (κ3) is 3.37. The molecule has 3 heterocycles. The zero-order chi connectivity index (χ0) is 19.0. The molecule has 8 nitrogen and oxygen atoms in total. The summed E-state index contributed by atoms with van der Waals surface area (Å²) in [5, 5.41) is 9.24. The Kier molecular flexibility index (Phi) is 4.53. The van der Waals surface area contributed by atoms with Crippen molar-refractivity contribution in [2.75, 3.05) is 11.9 Å². The zero-order valence-corrected chi connectivity index (χ0v) is 15.5. The van der Waals surface area contributed by atoms with Crippen LogP contribution in [0.4, 0.5) is 5.00 Å². The van der Waals surface area contributed by atoms with Crippen LogP contribution in [0.25, 0.3) is 5.65 Å². The Morgan fingerprint density at radius 2 is 2.19 bits per heavy atom. The molecule has 27 heavy (non-hydrogen) atoms. The summed E-state index contributed by atoms with van der Waals surface area (Å²) in [5.41, 5.74) is 1.43. The van der Waals surface area contributed by atoms with Gasteiger partial charge in [0.05, 0.1) is 12.2 Å². The summed E-state index contributed by atoms with van der Waals surface area (Å²) < 4.78 is 7.62. The number of amides is 1. The molecule has 0 unspecified atom stereocenters. The Balaban J connectivity index is 1.56. The van der Waals surface area contributed by atoms with E-state index in [1.165, 1.54) is 15.7 Å². The summed E-state index contributed by atoms with van der Waals surface area (Å²) in [6.45, 7) is 1.78. The van der Waals surface area contributed by atoms with Crippen LogP contribution in [0.15, 0.2) is 34.6 Å². The van der Waals surface area contributed by atoms with Gasteiger partial charge in [-0.25, -0.2) is 14.3 Å². The standard InChI is InChI=1S/C18H18N4O4S/c1-2-26-17(24)15-12(11-6-7-11)10-27-16(15)19-14(23)9-22-18(25)21-8-4-3-5-13(21)20-22/h3-5,8,10-11H,2,6-7,9H2,1H3,(H,19,23). The van der Waals surface area contributed by atoms with E-state index in [9.17, 15) is 14.4 Å². The van der Waals surface area contributed by atoms with Gasteiger partial charge >= 0.3 is 11.7 Å². The highest BCUT2D eigenvalue weighted by atomic mass is 32.1. The molecule has 4 rings (SSSR count). The Morgan fingerprint density at radius 3 is 2.89 bits per heavy atom. The Labute approximate surface area is 158 Å². The molecule has 3 aromatic heterocycles. The molecule has 140 valence electrons. The lowest BCUT2D eigenvalue weighted by Crippen LogP contribution is -2.28. The first-order valence-corrected chi connectivity index (χ1v) is 9.59. The zero-order valence-electron chi connectivity index (χ0n) is 14.7. The molecule has 0 saturated heterocycles. The monoisotopic (exact) mass is 386 g/mol. The average Bonchev–Trinajstić information content (AvgIpc) is 3.34. The molecule has 0 spiro atoms. The topological polar surface area (TPSA) is 94.7 Å². The lowest BCUT2D eigenvalue weighted by Gasteiger charge is -2.08. The van der Waals surface area contributed by atoms with Gasteiger partial charge in [-0.05, 0) is 48.8 Å². The van der Waals surface area contributed by atoms with Crippen molar-refractivity contribution >= 4 is 33.9 Å². The van der Waals surface area contributed by atoms with Gasteiger partial charge in [-0.15, -0.1) is 16.4 Å². The quantitative estimate of drug-likeness (QED) is 0.656. The molecule has 0 bridgehead atoms. The van der Waals surface area contributed by atoms with E-state index in [4.69, 9.17) is 4.74 Å². The molecular weight excluding hydrogens is 368 g/mol. The Hall–Kier alpha value is -2.94. The summed E-state index contributed by atoms with van der Waals surface area (Å²) in [4.78, 5) is 37.1. The van der Waals surface area contributed by atoms with E-state index >= 15 is 0 Å². The first-order valence-electron chi connectivity index (χ1n) is 8.71. The second kappa shape index (κ2) is 6.99. The van der Waals surface area contributed by atoms with Crippen molar-refractivity contribution in [2.45, 2.75) is 32.2 Å². The van der Waals surface area contributed by atoms with Crippen molar-refractivity contribution in [3.05, 3.63) is 51.4 Å². The molecule has 0 aromatic carbocycles. The highest BCUT2D eigenvalue weighted by molar-refractivity contribution is 7.15. The lowest BCUT2D eigenvalue weighted by molar-refractivity contribution is -0.116. The predicted molar refractivity (Wildman–Crippen MR) is 100 cm³/mol. The number of pyridine rings is 1. The molecule has 0 radical (unpaired) electrons. The van der Waals surface area contributed by atoms with Gasteiger partial charge in [-0.2, -0.15) is 0 Å². The number of carbonyl (C=O) groups excluding carboxylic acids is 2. The smallest absolute Gasteiger partial charge is 0.350 e. The number of ether oxygens (including phenoxy) is 1. The van der Waals surface area contributed by atoms with E-state index in [2.05, 4.69) is 10.4 Å². The van der Waals surface area contributed by atoms with Crippen molar-refractivity contribution < 1.29 is 14.3 Å². The minimum absolute atomic E-state index is 0.237. The minimum Gasteiger partial charge on any atom is -0.462 e. The number of carbonyl (C=O) groups is 2. The van der Waals surface area contributed by atoms with Crippen LogP contribution in [-0.4, -0.2) is 32.7 Å². The van der Waals surface area contributed by atoms with Crippen molar-refractivity contribution in [3.8, 4) is 0 Å². The molecule has 1 saturated carbocycles. The average molecular weight is 386 g/mol. The third-order valence-corrected chi connectivity index (χ3v) is 5.26. The fourth-order valence-electron chi connectivity index (χ4n) is 2.95. The van der Waals surface area contributed by atoms with E-state index in [1.807, 2.05) is 5.38 Å². The van der Waals surface area contributed by atoms with Crippen LogP contribution in [0.2, 0.25) is 0 Å². The molecular formula is C18H18N4O4S. The van der Waals surface area contributed by atoms with Gasteiger partial charge in [0.1, 0.15) is 11.5 Å². The number of hydrogen-bond acceptors (Lipinski definition) is 6. The van der Waals surface area contributed by atoms with E-state index in [-0.39, 0.29) is 13.2 Å². The molecule has 1 aliphatic rings. The maximum atomic E-state index is 12.5. The van der Waals surface area contributed by atoms with Gasteiger partial charge < -0.3 is 10.1 Å². The van der Waals surface area contributed by atoms with Crippen LogP contribution in [0.5, 0.6) is 0 Å². The SMILES string of the molecule is CCOC(=O)c1c(C2CC2)csc1NC(=O)Cn1nc2ccccn2c1=O. The van der Waals surface area contributed by atoms with Gasteiger partial charge in [0.2, 0.25) is 5.91 Å². The summed E-state index contributed by atoms with van der Waals surface area (Å²) in [6, 6.07) is 5.18. The molecule has 0 aliphatic heterocycles. The van der Waals surface area contributed by atoms with Crippen LogP contribution >= 0.6 is 11.3 Å². The fraction of sp³-hybridized carbons (Fsp3) is 0.333. The van der Waals surface area contributed by atoms with Gasteiger partial charge in [0, 0.05) is 6.20 Å². The van der Waals surface area contributed by atoms with Gasteiger partial charge in [-0.3, -0.25) is 9.20 Å². The molecule has 1 amide bonds. The normalized spacial score (nSPS) is 13.7. The van der Waals surface area contributed by atoms with Gasteiger partial charge in [0.25, 0.3) is 0 Å². The molecule has 9 heteroatoms. The molecule has 3 aromatic rings. The summed E-state index contributed by atoms with van der Waals surface area (Å²) in [5.74, 6) is -0.497. The highest BCUT2D eigenvalue weighted by Gasteiger charge is 2.32. The van der Waals surface area contributed by atoms with Crippen molar-refractivity contribution in [3.63, 3.8) is 0 Å². The number of nitrogens with zero attached hydrogens (tertiary/aromatic N) is 3. The van der Waals surface area contributed by atoms with Crippen LogP contribution in [0, 0.1) is 0 Å². The molecule has 1 N–H and O–H groups in total. The third-order valence-electron chi connectivity index (χ3n) is 4.35. The maximum absolute atomic E-state index is 12.5.